The van der Waals surface area contributed by atoms with Crippen molar-refractivity contribution in [2.45, 2.75) is 76.6 Å². The van der Waals surface area contributed by atoms with Crippen LogP contribution in [-0.4, -0.2) is 33.4 Å². The third kappa shape index (κ3) is 4.72. The first-order valence-corrected chi connectivity index (χ1v) is 10.7. The molecule has 2 fully saturated rings. The van der Waals surface area contributed by atoms with Crippen molar-refractivity contribution in [3.05, 3.63) is 28.2 Å². The van der Waals surface area contributed by atoms with Crippen molar-refractivity contribution >= 4 is 17.3 Å². The molecule has 0 spiro atoms. The average molecular weight is 380 g/mol. The average Bonchev–Trinajstić information content (AvgIpc) is 3.27. The Balaban J connectivity index is 1.52. The number of unbranched alkanes of at least 4 members (excludes halogenated alkanes) is 2. The molecule has 1 aliphatic heterocycles. The largest absolute Gasteiger partial charge is 0.476 e. The molecule has 5 nitrogen and oxygen atoms in total. The number of thiazole rings is 1. The number of aliphatic hydroxyl groups is 1. The number of allylic oxidation sites excluding steroid dienone is 1. The van der Waals surface area contributed by atoms with Crippen LogP contribution in [0, 0.1) is 11.8 Å². The van der Waals surface area contributed by atoms with Gasteiger partial charge in [-0.25, -0.2) is 9.78 Å². The van der Waals surface area contributed by atoms with E-state index in [1.807, 2.05) is 6.08 Å². The normalized spacial score (nSPS) is 29.8. The van der Waals surface area contributed by atoms with Gasteiger partial charge in [0.25, 0.3) is 0 Å². The van der Waals surface area contributed by atoms with Crippen LogP contribution < -0.4 is 0 Å². The lowest BCUT2D eigenvalue weighted by Crippen LogP contribution is -2.29. The van der Waals surface area contributed by atoms with Gasteiger partial charge in [0.15, 0.2) is 5.69 Å². The van der Waals surface area contributed by atoms with Gasteiger partial charge < -0.3 is 14.9 Å². The van der Waals surface area contributed by atoms with Gasteiger partial charge in [-0.2, -0.15) is 0 Å². The summed E-state index contributed by atoms with van der Waals surface area (Å²) in [7, 11) is 0. The number of aliphatic hydroxyl groups excluding tert-OH is 1. The SMILES string of the molecule is CCCCC[C@H](O)/C=C/C1CC[C@@H]2OC(c3nc(C(=O)O)cs3)CC[C@H]12. The molecule has 0 radical (unpaired) electrons. The number of hydrogen-bond donors (Lipinski definition) is 2. The van der Waals surface area contributed by atoms with E-state index in [0.717, 1.165) is 43.5 Å². The smallest absolute Gasteiger partial charge is 0.355 e. The zero-order valence-corrected chi connectivity index (χ0v) is 16.2. The second-order valence-electron chi connectivity index (χ2n) is 7.47. The summed E-state index contributed by atoms with van der Waals surface area (Å²) in [5.74, 6) is 0.00152. The van der Waals surface area contributed by atoms with E-state index in [-0.39, 0.29) is 24.0 Å². The summed E-state index contributed by atoms with van der Waals surface area (Å²) in [4.78, 5) is 15.2. The van der Waals surface area contributed by atoms with Crippen LogP contribution in [-0.2, 0) is 4.74 Å². The zero-order chi connectivity index (χ0) is 18.5. The molecule has 0 bridgehead atoms. The standard InChI is InChI=1S/C20H29NO4S/c1-2-3-4-5-14(22)8-6-13-7-10-17-15(13)9-11-18(25-17)19-21-16(12-26-19)20(23)24/h6,8,12-15,17-18,22H,2-5,7,9-11H2,1H3,(H,23,24)/b8-6+/t13?,14-,15+,17-,18?/m0/s1. The Kier molecular flexibility index (Phi) is 6.84. The number of hydrogen-bond acceptors (Lipinski definition) is 5. The molecule has 3 rings (SSSR count). The summed E-state index contributed by atoms with van der Waals surface area (Å²) in [6.45, 7) is 2.17. The van der Waals surface area contributed by atoms with E-state index in [1.165, 1.54) is 24.2 Å². The molecule has 0 amide bonds. The highest BCUT2D eigenvalue weighted by atomic mass is 32.1. The number of rotatable bonds is 8. The maximum Gasteiger partial charge on any atom is 0.355 e. The van der Waals surface area contributed by atoms with E-state index in [2.05, 4.69) is 18.0 Å². The number of carbonyl (C=O) groups is 1. The number of aromatic nitrogens is 1. The van der Waals surface area contributed by atoms with Gasteiger partial charge in [-0.15, -0.1) is 11.3 Å². The highest BCUT2D eigenvalue weighted by Crippen LogP contribution is 2.46. The summed E-state index contributed by atoms with van der Waals surface area (Å²) in [6, 6.07) is 0. The summed E-state index contributed by atoms with van der Waals surface area (Å²) < 4.78 is 6.26. The highest BCUT2D eigenvalue weighted by molar-refractivity contribution is 7.09. The predicted octanol–water partition coefficient (Wildman–Crippen LogP) is 4.59. The first-order chi connectivity index (χ1) is 12.6. The summed E-state index contributed by atoms with van der Waals surface area (Å²) in [5.41, 5.74) is 0.111. The molecule has 1 aliphatic carbocycles. The summed E-state index contributed by atoms with van der Waals surface area (Å²) >= 11 is 1.38. The lowest BCUT2D eigenvalue weighted by Gasteiger charge is -2.33. The molecule has 1 aromatic heterocycles. The van der Waals surface area contributed by atoms with Crippen molar-refractivity contribution < 1.29 is 19.7 Å². The first kappa shape index (κ1) is 19.5. The molecular formula is C20H29NO4S. The molecule has 2 heterocycles. The quantitative estimate of drug-likeness (QED) is 0.510. The maximum absolute atomic E-state index is 11.0. The molecular weight excluding hydrogens is 350 g/mol. The highest BCUT2D eigenvalue weighted by Gasteiger charge is 2.41. The van der Waals surface area contributed by atoms with Crippen LogP contribution in [0.3, 0.4) is 0 Å². The van der Waals surface area contributed by atoms with Gasteiger partial charge in [-0.05, 0) is 43.9 Å². The van der Waals surface area contributed by atoms with Crippen molar-refractivity contribution in [1.82, 2.24) is 4.98 Å². The molecule has 5 atom stereocenters. The van der Waals surface area contributed by atoms with Crippen molar-refractivity contribution in [3.63, 3.8) is 0 Å². The van der Waals surface area contributed by atoms with Crippen LogP contribution in [0.15, 0.2) is 17.5 Å². The van der Waals surface area contributed by atoms with Crippen LogP contribution in [0.2, 0.25) is 0 Å². The van der Waals surface area contributed by atoms with Gasteiger partial charge in [0.05, 0.1) is 12.2 Å². The molecule has 2 aliphatic rings. The van der Waals surface area contributed by atoms with Crippen molar-refractivity contribution in [3.8, 4) is 0 Å². The van der Waals surface area contributed by atoms with E-state index >= 15 is 0 Å². The fraction of sp³-hybridized carbons (Fsp3) is 0.700. The van der Waals surface area contributed by atoms with Crippen molar-refractivity contribution in [2.75, 3.05) is 0 Å². The number of aromatic carboxylic acids is 1. The zero-order valence-electron chi connectivity index (χ0n) is 15.3. The number of carboxylic acid groups (broad SMARTS) is 1. The predicted molar refractivity (Wildman–Crippen MR) is 101 cm³/mol. The van der Waals surface area contributed by atoms with E-state index in [4.69, 9.17) is 9.84 Å². The second-order valence-corrected chi connectivity index (χ2v) is 8.36. The Bertz CT molecular complexity index is 629. The minimum absolute atomic E-state index is 0.0725. The summed E-state index contributed by atoms with van der Waals surface area (Å²) in [5, 5.41) is 21.5. The molecule has 1 saturated heterocycles. The molecule has 1 aromatic rings. The lowest BCUT2D eigenvalue weighted by atomic mass is 9.86. The monoisotopic (exact) mass is 379 g/mol. The number of nitrogens with zero attached hydrogens (tertiary/aromatic N) is 1. The van der Waals surface area contributed by atoms with Crippen LogP contribution in [0.4, 0.5) is 0 Å². The van der Waals surface area contributed by atoms with Gasteiger partial charge in [0.1, 0.15) is 11.1 Å². The van der Waals surface area contributed by atoms with E-state index in [0.29, 0.717) is 11.8 Å². The van der Waals surface area contributed by atoms with Crippen LogP contribution >= 0.6 is 11.3 Å². The number of ether oxygens (including phenoxy) is 1. The van der Waals surface area contributed by atoms with Crippen LogP contribution in [0.25, 0.3) is 0 Å². The number of carboxylic acids is 1. The topological polar surface area (TPSA) is 79.7 Å². The number of fused-ring (bicyclic) bond motifs is 1. The second kappa shape index (κ2) is 9.11. The van der Waals surface area contributed by atoms with Gasteiger partial charge in [0.2, 0.25) is 0 Å². The van der Waals surface area contributed by atoms with E-state index in [1.54, 1.807) is 5.38 Å². The summed E-state index contributed by atoms with van der Waals surface area (Å²) in [6.07, 6.45) is 12.4. The third-order valence-corrected chi connectivity index (χ3v) is 6.55. The minimum atomic E-state index is -0.982. The Morgan fingerprint density at radius 2 is 2.23 bits per heavy atom. The molecule has 26 heavy (non-hydrogen) atoms. The Morgan fingerprint density at radius 3 is 2.96 bits per heavy atom. The molecule has 2 N–H and O–H groups in total. The van der Waals surface area contributed by atoms with Crippen molar-refractivity contribution in [1.29, 1.82) is 0 Å². The van der Waals surface area contributed by atoms with Gasteiger partial charge in [-0.3, -0.25) is 0 Å². The molecule has 6 heteroatoms. The van der Waals surface area contributed by atoms with Gasteiger partial charge in [0, 0.05) is 5.38 Å². The Morgan fingerprint density at radius 1 is 1.38 bits per heavy atom. The van der Waals surface area contributed by atoms with Crippen LogP contribution in [0.1, 0.15) is 79.9 Å². The van der Waals surface area contributed by atoms with E-state index in [9.17, 15) is 9.90 Å². The van der Waals surface area contributed by atoms with E-state index < -0.39 is 5.97 Å². The third-order valence-electron chi connectivity index (χ3n) is 5.61. The first-order valence-electron chi connectivity index (χ1n) is 9.79. The minimum Gasteiger partial charge on any atom is -0.476 e. The fourth-order valence-corrected chi connectivity index (χ4v) is 5.04. The molecule has 144 valence electrons. The Labute approximate surface area is 159 Å². The Hall–Kier alpha value is -1.24. The van der Waals surface area contributed by atoms with Gasteiger partial charge >= 0.3 is 5.97 Å². The van der Waals surface area contributed by atoms with Gasteiger partial charge in [-0.1, -0.05) is 38.3 Å². The molecule has 2 unspecified atom stereocenters. The lowest BCUT2D eigenvalue weighted by molar-refractivity contribution is -0.0763. The molecule has 1 saturated carbocycles. The fourth-order valence-electron chi connectivity index (χ4n) is 4.18. The molecule has 0 aromatic carbocycles. The van der Waals surface area contributed by atoms with Crippen LogP contribution in [0.5, 0.6) is 0 Å². The maximum atomic E-state index is 11.0. The van der Waals surface area contributed by atoms with Crippen molar-refractivity contribution in [2.24, 2.45) is 11.8 Å².